The first-order valence-corrected chi connectivity index (χ1v) is 10.1. The van der Waals surface area contributed by atoms with Crippen LogP contribution in [0.5, 0.6) is 0 Å². The number of guanidine groups is 1. The zero-order valence-corrected chi connectivity index (χ0v) is 17.7. The Labute approximate surface area is 160 Å². The van der Waals surface area contributed by atoms with Crippen LogP contribution in [-0.2, 0) is 4.74 Å². The molecule has 154 valence electrons. The van der Waals surface area contributed by atoms with E-state index in [1.54, 1.807) is 0 Å². The van der Waals surface area contributed by atoms with Gasteiger partial charge in [-0.25, -0.2) is 0 Å². The number of aliphatic imine (C=N–C) groups is 1. The number of hydrogen-bond donors (Lipinski definition) is 3. The van der Waals surface area contributed by atoms with Crippen LogP contribution in [0.2, 0.25) is 0 Å². The quantitative estimate of drug-likeness (QED) is 0.389. The second kappa shape index (κ2) is 11.7. The standard InChI is InChI=1S/C19H41N5O2/c1-7-20-18(21-8-9-24(16(2)3)17(4)5)22-14-19(6,25)15-23-10-12-26-13-11-23/h16-17,25H,7-15H2,1-6H3,(H2,20,21,22). The van der Waals surface area contributed by atoms with E-state index in [9.17, 15) is 5.11 Å². The monoisotopic (exact) mass is 371 g/mol. The number of nitrogens with zero attached hydrogens (tertiary/aromatic N) is 3. The van der Waals surface area contributed by atoms with Crippen molar-refractivity contribution in [1.29, 1.82) is 0 Å². The minimum atomic E-state index is -0.846. The maximum absolute atomic E-state index is 10.7. The molecule has 0 radical (unpaired) electrons. The van der Waals surface area contributed by atoms with Gasteiger partial charge in [0, 0.05) is 51.4 Å². The molecule has 1 atom stereocenters. The van der Waals surface area contributed by atoms with E-state index >= 15 is 0 Å². The molecule has 1 heterocycles. The molecule has 1 aliphatic heterocycles. The van der Waals surface area contributed by atoms with E-state index in [2.05, 4.69) is 60.0 Å². The fourth-order valence-electron chi connectivity index (χ4n) is 3.30. The van der Waals surface area contributed by atoms with Crippen molar-refractivity contribution >= 4 is 5.96 Å². The van der Waals surface area contributed by atoms with Gasteiger partial charge in [0.05, 0.1) is 25.4 Å². The smallest absolute Gasteiger partial charge is 0.191 e. The second-order valence-corrected chi connectivity index (χ2v) is 7.93. The Morgan fingerprint density at radius 2 is 1.81 bits per heavy atom. The largest absolute Gasteiger partial charge is 0.387 e. The summed E-state index contributed by atoms with van der Waals surface area (Å²) < 4.78 is 5.37. The Morgan fingerprint density at radius 1 is 1.19 bits per heavy atom. The number of aliphatic hydroxyl groups is 1. The Hall–Kier alpha value is -0.890. The predicted molar refractivity (Wildman–Crippen MR) is 109 cm³/mol. The van der Waals surface area contributed by atoms with Crippen molar-refractivity contribution in [2.75, 3.05) is 59.0 Å². The molecule has 1 rings (SSSR count). The van der Waals surface area contributed by atoms with Gasteiger partial charge >= 0.3 is 0 Å². The van der Waals surface area contributed by atoms with E-state index in [0.29, 0.717) is 25.2 Å². The average molecular weight is 372 g/mol. The van der Waals surface area contributed by atoms with Crippen molar-refractivity contribution in [3.05, 3.63) is 0 Å². The molecule has 0 spiro atoms. The van der Waals surface area contributed by atoms with Crippen molar-refractivity contribution in [3.8, 4) is 0 Å². The first kappa shape index (κ1) is 23.1. The van der Waals surface area contributed by atoms with Gasteiger partial charge in [0.2, 0.25) is 0 Å². The van der Waals surface area contributed by atoms with Crippen molar-refractivity contribution in [1.82, 2.24) is 20.4 Å². The van der Waals surface area contributed by atoms with Crippen molar-refractivity contribution in [3.63, 3.8) is 0 Å². The third-order valence-corrected chi connectivity index (χ3v) is 4.58. The van der Waals surface area contributed by atoms with Gasteiger partial charge < -0.3 is 20.5 Å². The van der Waals surface area contributed by atoms with Gasteiger partial charge in [0.15, 0.2) is 5.96 Å². The van der Waals surface area contributed by atoms with Gasteiger partial charge in [-0.2, -0.15) is 0 Å². The summed E-state index contributed by atoms with van der Waals surface area (Å²) in [5.74, 6) is 0.766. The number of morpholine rings is 1. The molecule has 0 aliphatic carbocycles. The summed E-state index contributed by atoms with van der Waals surface area (Å²) in [7, 11) is 0. The van der Waals surface area contributed by atoms with Crippen molar-refractivity contribution in [2.24, 2.45) is 4.99 Å². The molecule has 1 aliphatic rings. The zero-order valence-electron chi connectivity index (χ0n) is 17.7. The summed E-state index contributed by atoms with van der Waals surface area (Å²) in [6, 6.07) is 1.04. The summed E-state index contributed by atoms with van der Waals surface area (Å²) in [6.07, 6.45) is 0. The van der Waals surface area contributed by atoms with E-state index in [4.69, 9.17) is 4.74 Å². The molecule has 1 fully saturated rings. The molecule has 7 heteroatoms. The topological polar surface area (TPSA) is 72.4 Å². The van der Waals surface area contributed by atoms with Gasteiger partial charge in [0.1, 0.15) is 0 Å². The summed E-state index contributed by atoms with van der Waals surface area (Å²) in [4.78, 5) is 9.29. The summed E-state index contributed by atoms with van der Waals surface area (Å²) in [5, 5.41) is 17.3. The lowest BCUT2D eigenvalue weighted by Gasteiger charge is -2.33. The number of rotatable bonds is 10. The van der Waals surface area contributed by atoms with Crippen LogP contribution in [-0.4, -0.2) is 97.6 Å². The highest BCUT2D eigenvalue weighted by atomic mass is 16.5. The minimum Gasteiger partial charge on any atom is -0.387 e. The molecule has 0 aromatic rings. The van der Waals surface area contributed by atoms with Crippen LogP contribution in [0.15, 0.2) is 4.99 Å². The fraction of sp³-hybridized carbons (Fsp3) is 0.947. The van der Waals surface area contributed by atoms with Crippen molar-refractivity contribution < 1.29 is 9.84 Å². The molecular formula is C19H41N5O2. The zero-order chi connectivity index (χ0) is 19.6. The normalized spacial score (nSPS) is 19.2. The lowest BCUT2D eigenvalue weighted by molar-refractivity contribution is -0.0179. The Morgan fingerprint density at radius 3 is 2.35 bits per heavy atom. The number of ether oxygens (including phenoxy) is 1. The SMILES string of the molecule is CCNC(=NCC(C)(O)CN1CCOCC1)NCCN(C(C)C)C(C)C. The van der Waals surface area contributed by atoms with Gasteiger partial charge in [-0.05, 0) is 41.5 Å². The van der Waals surface area contributed by atoms with Crippen LogP contribution in [0.1, 0.15) is 41.5 Å². The van der Waals surface area contributed by atoms with Gasteiger partial charge in [-0.3, -0.25) is 14.8 Å². The predicted octanol–water partition coefficient (Wildman–Crippen LogP) is 0.744. The van der Waals surface area contributed by atoms with Gasteiger partial charge in [-0.15, -0.1) is 0 Å². The Balaban J connectivity index is 2.50. The van der Waals surface area contributed by atoms with Gasteiger partial charge in [0.25, 0.3) is 0 Å². The first-order valence-electron chi connectivity index (χ1n) is 10.1. The minimum absolute atomic E-state index is 0.373. The highest BCUT2D eigenvalue weighted by molar-refractivity contribution is 5.79. The third-order valence-electron chi connectivity index (χ3n) is 4.58. The molecule has 1 unspecified atom stereocenters. The molecule has 26 heavy (non-hydrogen) atoms. The summed E-state index contributed by atoms with van der Waals surface area (Å²) >= 11 is 0. The Bertz CT molecular complexity index is 399. The lowest BCUT2D eigenvalue weighted by Crippen LogP contribution is -2.49. The van der Waals surface area contributed by atoms with E-state index < -0.39 is 5.60 Å². The van der Waals surface area contributed by atoms with Crippen LogP contribution in [0.25, 0.3) is 0 Å². The first-order chi connectivity index (χ1) is 12.2. The third kappa shape index (κ3) is 9.16. The van der Waals surface area contributed by atoms with Crippen LogP contribution in [0, 0.1) is 0 Å². The molecule has 0 bridgehead atoms. The maximum Gasteiger partial charge on any atom is 0.191 e. The van der Waals surface area contributed by atoms with E-state index in [1.807, 2.05) is 6.92 Å². The number of nitrogens with one attached hydrogen (secondary N) is 2. The lowest BCUT2D eigenvalue weighted by atomic mass is 10.1. The van der Waals surface area contributed by atoms with Crippen LogP contribution in [0.4, 0.5) is 0 Å². The number of β-amino-alcohol motifs (C(OH)–C–C–N with tert-alkyl or cyclic N) is 1. The highest BCUT2D eigenvalue weighted by Gasteiger charge is 2.25. The highest BCUT2D eigenvalue weighted by Crippen LogP contribution is 2.09. The number of hydrogen-bond acceptors (Lipinski definition) is 5. The summed E-state index contributed by atoms with van der Waals surface area (Å²) in [5.41, 5.74) is -0.846. The molecule has 1 saturated heterocycles. The molecule has 0 saturated carbocycles. The summed E-state index contributed by atoms with van der Waals surface area (Å²) in [6.45, 7) is 19.6. The Kier molecular flexibility index (Phi) is 10.5. The average Bonchev–Trinajstić information content (AvgIpc) is 2.56. The van der Waals surface area contributed by atoms with Crippen molar-refractivity contribution in [2.45, 2.75) is 59.2 Å². The molecule has 3 N–H and O–H groups in total. The fourth-order valence-corrected chi connectivity index (χ4v) is 3.30. The molecule has 7 nitrogen and oxygen atoms in total. The van der Waals surface area contributed by atoms with Crippen LogP contribution < -0.4 is 10.6 Å². The molecule has 0 amide bonds. The van der Waals surface area contributed by atoms with E-state index in [-0.39, 0.29) is 0 Å². The van der Waals surface area contributed by atoms with Crippen LogP contribution >= 0.6 is 0 Å². The van der Waals surface area contributed by atoms with Crippen LogP contribution in [0.3, 0.4) is 0 Å². The molecule has 0 aromatic heterocycles. The maximum atomic E-state index is 10.7. The molecule has 0 aromatic carbocycles. The molecular weight excluding hydrogens is 330 g/mol. The van der Waals surface area contributed by atoms with E-state index in [1.165, 1.54) is 0 Å². The van der Waals surface area contributed by atoms with E-state index in [0.717, 1.165) is 51.9 Å². The van der Waals surface area contributed by atoms with Gasteiger partial charge in [-0.1, -0.05) is 0 Å². The second-order valence-electron chi connectivity index (χ2n) is 7.93.